The van der Waals surface area contributed by atoms with Crippen LogP contribution < -0.4 is 4.90 Å². The molecule has 1 aromatic carbocycles. The maximum absolute atomic E-state index is 13.0. The zero-order chi connectivity index (χ0) is 16.9. The minimum absolute atomic E-state index is 0.0431. The summed E-state index contributed by atoms with van der Waals surface area (Å²) in [6.07, 6.45) is 4.76. The molecule has 0 aliphatic carbocycles. The minimum Gasteiger partial charge on any atom is -0.369 e. The van der Waals surface area contributed by atoms with Gasteiger partial charge in [-0.1, -0.05) is 12.8 Å². The number of halogens is 1. The molecule has 0 N–H and O–H groups in total. The van der Waals surface area contributed by atoms with E-state index in [9.17, 15) is 9.18 Å². The van der Waals surface area contributed by atoms with Gasteiger partial charge in [0.25, 0.3) is 0 Å². The molecule has 0 aromatic heterocycles. The zero-order valence-corrected chi connectivity index (χ0v) is 14.6. The Morgan fingerprint density at radius 1 is 0.917 bits per heavy atom. The molecule has 4 nitrogen and oxygen atoms in total. The van der Waals surface area contributed by atoms with Crippen molar-refractivity contribution in [2.24, 2.45) is 0 Å². The first-order chi connectivity index (χ1) is 11.6. The highest BCUT2D eigenvalue weighted by Crippen LogP contribution is 2.19. The van der Waals surface area contributed by atoms with E-state index in [1.807, 2.05) is 19.1 Å². The van der Waals surface area contributed by atoms with Crippen molar-refractivity contribution >= 4 is 11.6 Å². The Labute approximate surface area is 144 Å². The fraction of sp³-hybridized carbons (Fsp3) is 0.632. The quantitative estimate of drug-likeness (QED) is 0.851. The second kappa shape index (κ2) is 7.97. The molecule has 1 atom stereocenters. The predicted molar refractivity (Wildman–Crippen MR) is 94.7 cm³/mol. The zero-order valence-electron chi connectivity index (χ0n) is 14.6. The van der Waals surface area contributed by atoms with E-state index < -0.39 is 0 Å². The van der Waals surface area contributed by atoms with Crippen LogP contribution in [0.25, 0.3) is 0 Å². The molecule has 2 aliphatic heterocycles. The molecule has 2 aliphatic rings. The molecule has 24 heavy (non-hydrogen) atoms. The molecule has 0 radical (unpaired) electrons. The summed E-state index contributed by atoms with van der Waals surface area (Å²) in [5.41, 5.74) is 1.06. The first kappa shape index (κ1) is 17.2. The lowest BCUT2D eigenvalue weighted by Gasteiger charge is -2.39. The van der Waals surface area contributed by atoms with Gasteiger partial charge in [0.15, 0.2) is 0 Å². The minimum atomic E-state index is -0.200. The van der Waals surface area contributed by atoms with Gasteiger partial charge in [0.1, 0.15) is 5.82 Å². The van der Waals surface area contributed by atoms with Gasteiger partial charge in [-0.3, -0.25) is 9.69 Å². The van der Waals surface area contributed by atoms with Crippen LogP contribution in [0.4, 0.5) is 10.1 Å². The Morgan fingerprint density at radius 2 is 1.50 bits per heavy atom. The molecule has 132 valence electrons. The lowest BCUT2D eigenvalue weighted by atomic mass is 10.1. The maximum atomic E-state index is 13.0. The number of likely N-dealkylation sites (tertiary alicyclic amines) is 1. The van der Waals surface area contributed by atoms with Crippen molar-refractivity contribution < 1.29 is 9.18 Å². The molecule has 0 saturated carbocycles. The third kappa shape index (κ3) is 4.07. The summed E-state index contributed by atoms with van der Waals surface area (Å²) < 4.78 is 13.0. The molecule has 1 unspecified atom stereocenters. The number of hydrogen-bond donors (Lipinski definition) is 0. The summed E-state index contributed by atoms with van der Waals surface area (Å²) in [4.78, 5) is 19.4. The van der Waals surface area contributed by atoms with Crippen molar-refractivity contribution in [3.8, 4) is 0 Å². The van der Waals surface area contributed by atoms with Crippen LogP contribution in [-0.2, 0) is 4.79 Å². The van der Waals surface area contributed by atoms with E-state index in [2.05, 4.69) is 14.7 Å². The summed E-state index contributed by atoms with van der Waals surface area (Å²) in [6, 6.07) is 6.63. The second-order valence-corrected chi connectivity index (χ2v) is 6.91. The third-order valence-corrected chi connectivity index (χ3v) is 5.33. The summed E-state index contributed by atoms with van der Waals surface area (Å²) in [7, 11) is 0. The van der Waals surface area contributed by atoms with Crippen LogP contribution in [0.15, 0.2) is 24.3 Å². The SMILES string of the molecule is CC(C(=O)N1CCCCCC1)N1CCN(c2ccc(F)cc2)CC1. The molecule has 2 fully saturated rings. The Bertz CT molecular complexity index is 532. The smallest absolute Gasteiger partial charge is 0.239 e. The average molecular weight is 333 g/mol. The molecule has 1 aromatic rings. The molecule has 3 rings (SSSR count). The van der Waals surface area contributed by atoms with E-state index in [1.165, 1.54) is 25.0 Å². The van der Waals surface area contributed by atoms with Gasteiger partial charge in [0, 0.05) is 45.0 Å². The van der Waals surface area contributed by atoms with Gasteiger partial charge in [0.05, 0.1) is 6.04 Å². The summed E-state index contributed by atoms with van der Waals surface area (Å²) >= 11 is 0. The number of piperazine rings is 1. The van der Waals surface area contributed by atoms with Crippen molar-refractivity contribution in [2.45, 2.75) is 38.6 Å². The maximum Gasteiger partial charge on any atom is 0.239 e. The highest BCUT2D eigenvalue weighted by Gasteiger charge is 2.29. The highest BCUT2D eigenvalue weighted by atomic mass is 19.1. The van der Waals surface area contributed by atoms with Crippen LogP contribution in [-0.4, -0.2) is 61.0 Å². The van der Waals surface area contributed by atoms with Crippen LogP contribution in [0.5, 0.6) is 0 Å². The summed E-state index contributed by atoms with van der Waals surface area (Å²) in [5.74, 6) is 0.0844. The molecule has 5 heteroatoms. The monoisotopic (exact) mass is 333 g/mol. The Balaban J connectivity index is 1.53. The summed E-state index contributed by atoms with van der Waals surface area (Å²) in [5, 5.41) is 0. The molecule has 2 saturated heterocycles. The number of amides is 1. The first-order valence-electron chi connectivity index (χ1n) is 9.18. The first-order valence-corrected chi connectivity index (χ1v) is 9.18. The molecule has 1 amide bonds. The normalized spacial score (nSPS) is 21.4. The van der Waals surface area contributed by atoms with Crippen molar-refractivity contribution in [3.05, 3.63) is 30.1 Å². The molecule has 0 bridgehead atoms. The largest absolute Gasteiger partial charge is 0.369 e. The number of carbonyl (C=O) groups excluding carboxylic acids is 1. The van der Waals surface area contributed by atoms with Crippen LogP contribution in [0.1, 0.15) is 32.6 Å². The molecule has 2 heterocycles. The van der Waals surface area contributed by atoms with Gasteiger partial charge < -0.3 is 9.80 Å². The van der Waals surface area contributed by atoms with E-state index in [0.717, 1.165) is 57.8 Å². The Kier molecular flexibility index (Phi) is 5.72. The number of rotatable bonds is 3. The number of hydrogen-bond acceptors (Lipinski definition) is 3. The van der Waals surface area contributed by atoms with Crippen LogP contribution in [0.2, 0.25) is 0 Å². The predicted octanol–water partition coefficient (Wildman–Crippen LogP) is 2.74. The van der Waals surface area contributed by atoms with E-state index in [4.69, 9.17) is 0 Å². The van der Waals surface area contributed by atoms with Gasteiger partial charge in [0.2, 0.25) is 5.91 Å². The molecular weight excluding hydrogens is 305 g/mol. The van der Waals surface area contributed by atoms with Crippen LogP contribution in [0.3, 0.4) is 0 Å². The molecular formula is C19H28FN3O. The standard InChI is InChI=1S/C19H28FN3O/c1-16(19(24)23-10-4-2-3-5-11-23)21-12-14-22(15-13-21)18-8-6-17(20)7-9-18/h6-9,16H,2-5,10-15H2,1H3. The van der Waals surface area contributed by atoms with Crippen LogP contribution in [0, 0.1) is 5.82 Å². The lowest BCUT2D eigenvalue weighted by molar-refractivity contribution is -0.136. The van der Waals surface area contributed by atoms with Crippen molar-refractivity contribution in [1.82, 2.24) is 9.80 Å². The van der Waals surface area contributed by atoms with Gasteiger partial charge in [-0.2, -0.15) is 0 Å². The Hall–Kier alpha value is -1.62. The van der Waals surface area contributed by atoms with E-state index in [-0.39, 0.29) is 17.8 Å². The van der Waals surface area contributed by atoms with Crippen LogP contribution >= 0.6 is 0 Å². The van der Waals surface area contributed by atoms with E-state index >= 15 is 0 Å². The van der Waals surface area contributed by atoms with Gasteiger partial charge in [-0.25, -0.2) is 4.39 Å². The van der Waals surface area contributed by atoms with Crippen molar-refractivity contribution in [1.29, 1.82) is 0 Å². The fourth-order valence-electron chi connectivity index (χ4n) is 3.73. The topological polar surface area (TPSA) is 26.8 Å². The van der Waals surface area contributed by atoms with E-state index in [0.29, 0.717) is 0 Å². The molecule has 0 spiro atoms. The fourth-order valence-corrected chi connectivity index (χ4v) is 3.73. The van der Waals surface area contributed by atoms with Crippen molar-refractivity contribution in [3.63, 3.8) is 0 Å². The summed E-state index contributed by atoms with van der Waals surface area (Å²) in [6.45, 7) is 7.38. The number of carbonyl (C=O) groups is 1. The third-order valence-electron chi connectivity index (χ3n) is 5.33. The van der Waals surface area contributed by atoms with E-state index in [1.54, 1.807) is 0 Å². The number of anilines is 1. The van der Waals surface area contributed by atoms with Gasteiger partial charge >= 0.3 is 0 Å². The second-order valence-electron chi connectivity index (χ2n) is 6.91. The van der Waals surface area contributed by atoms with Gasteiger partial charge in [-0.15, -0.1) is 0 Å². The Morgan fingerprint density at radius 3 is 2.08 bits per heavy atom. The van der Waals surface area contributed by atoms with Crippen molar-refractivity contribution in [2.75, 3.05) is 44.2 Å². The van der Waals surface area contributed by atoms with Gasteiger partial charge in [-0.05, 0) is 44.0 Å². The number of nitrogens with zero attached hydrogens (tertiary/aromatic N) is 3. The number of benzene rings is 1. The lowest BCUT2D eigenvalue weighted by Crippen LogP contribution is -2.54. The average Bonchev–Trinajstić information content (AvgIpc) is 2.91. The highest BCUT2D eigenvalue weighted by molar-refractivity contribution is 5.81.